The highest BCUT2D eigenvalue weighted by Crippen LogP contribution is 2.37. The second-order valence-corrected chi connectivity index (χ2v) is 12.6. The number of aromatic nitrogens is 3. The summed E-state index contributed by atoms with van der Waals surface area (Å²) < 4.78 is 2.38. The number of rotatable bonds is 4. The van der Waals surface area contributed by atoms with Gasteiger partial charge in [-0.25, -0.2) is 0 Å². The van der Waals surface area contributed by atoms with Gasteiger partial charge in [-0.15, -0.1) is 0 Å². The van der Waals surface area contributed by atoms with Crippen molar-refractivity contribution in [3.63, 3.8) is 0 Å². The average molecular weight is 624 g/mol. The predicted octanol–water partition coefficient (Wildman–Crippen LogP) is 12.0. The van der Waals surface area contributed by atoms with Crippen LogP contribution in [0.25, 0.3) is 93.5 Å². The van der Waals surface area contributed by atoms with Crippen LogP contribution in [0.5, 0.6) is 0 Å². The Morgan fingerprint density at radius 3 is 1.45 bits per heavy atom. The third-order valence-corrected chi connectivity index (χ3v) is 9.88. The SMILES string of the molecule is c1cc(-c2ccc(-c3ccc4c5ccccc5c5nccnc5c4c3)cc2)cc(-c2cccc(-n3c4ccccc4c4ccccc43)c2)c1. The number of para-hydroxylation sites is 2. The summed E-state index contributed by atoms with van der Waals surface area (Å²) in [5, 5.41) is 7.20. The predicted molar refractivity (Wildman–Crippen MR) is 205 cm³/mol. The van der Waals surface area contributed by atoms with Gasteiger partial charge in [-0.2, -0.15) is 0 Å². The van der Waals surface area contributed by atoms with Crippen LogP contribution in [0.1, 0.15) is 0 Å². The van der Waals surface area contributed by atoms with Gasteiger partial charge in [0.15, 0.2) is 0 Å². The van der Waals surface area contributed by atoms with E-state index in [0.29, 0.717) is 0 Å². The van der Waals surface area contributed by atoms with E-state index in [1.807, 2.05) is 0 Å². The lowest BCUT2D eigenvalue weighted by Crippen LogP contribution is -1.94. The highest BCUT2D eigenvalue weighted by Gasteiger charge is 2.14. The molecule has 0 amide bonds. The second kappa shape index (κ2) is 11.0. The van der Waals surface area contributed by atoms with Gasteiger partial charge in [0.05, 0.1) is 22.1 Å². The minimum Gasteiger partial charge on any atom is -0.309 e. The molecule has 0 aliphatic rings. The van der Waals surface area contributed by atoms with Gasteiger partial charge < -0.3 is 4.57 Å². The second-order valence-electron chi connectivity index (χ2n) is 12.6. The van der Waals surface area contributed by atoms with Crippen molar-refractivity contribution < 1.29 is 0 Å². The zero-order valence-electron chi connectivity index (χ0n) is 26.6. The van der Waals surface area contributed by atoms with Crippen LogP contribution in [-0.2, 0) is 0 Å². The lowest BCUT2D eigenvalue weighted by molar-refractivity contribution is 1.18. The lowest BCUT2D eigenvalue weighted by atomic mass is 9.94. The monoisotopic (exact) mass is 623 g/mol. The standard InChI is InChI=1S/C46H29N3/c1-2-16-41-37(13-1)38-24-23-35(29-42(38)46-45(41)47-25-26-48-46)31-21-19-30(20-22-31)32-9-7-10-33(27-32)34-11-8-12-36(28-34)49-43-17-5-3-14-39(43)40-15-4-6-18-44(40)49/h1-29H. The quantitative estimate of drug-likeness (QED) is 0.183. The Balaban J connectivity index is 1.01. The van der Waals surface area contributed by atoms with Gasteiger partial charge in [-0.1, -0.05) is 127 Å². The molecule has 10 rings (SSSR count). The van der Waals surface area contributed by atoms with Crippen molar-refractivity contribution in [3.05, 3.63) is 176 Å². The average Bonchev–Trinajstić information content (AvgIpc) is 3.52. The van der Waals surface area contributed by atoms with Gasteiger partial charge >= 0.3 is 0 Å². The number of hydrogen-bond donors (Lipinski definition) is 0. The van der Waals surface area contributed by atoms with Gasteiger partial charge in [-0.3, -0.25) is 9.97 Å². The van der Waals surface area contributed by atoms with Crippen LogP contribution in [0.3, 0.4) is 0 Å². The maximum Gasteiger partial charge on any atom is 0.0971 e. The fourth-order valence-corrected chi connectivity index (χ4v) is 7.57. The van der Waals surface area contributed by atoms with E-state index in [9.17, 15) is 0 Å². The van der Waals surface area contributed by atoms with Gasteiger partial charge in [-0.05, 0) is 80.6 Å². The Hall–Kier alpha value is -6.58. The molecule has 0 atom stereocenters. The third-order valence-electron chi connectivity index (χ3n) is 9.88. The number of nitrogens with zero attached hydrogens (tertiary/aromatic N) is 3. The molecule has 8 aromatic carbocycles. The molecule has 10 aromatic rings. The van der Waals surface area contributed by atoms with Crippen molar-refractivity contribution >= 4 is 54.4 Å². The third kappa shape index (κ3) is 4.44. The number of fused-ring (bicyclic) bond motifs is 9. The summed E-state index contributed by atoms with van der Waals surface area (Å²) in [4.78, 5) is 9.48. The summed E-state index contributed by atoms with van der Waals surface area (Å²) in [7, 11) is 0. The Bertz CT molecular complexity index is 2790. The smallest absolute Gasteiger partial charge is 0.0971 e. The Morgan fingerprint density at radius 1 is 0.306 bits per heavy atom. The van der Waals surface area contributed by atoms with E-state index in [2.05, 4.69) is 168 Å². The van der Waals surface area contributed by atoms with Crippen LogP contribution in [0.4, 0.5) is 0 Å². The topological polar surface area (TPSA) is 30.7 Å². The molecule has 49 heavy (non-hydrogen) atoms. The summed E-state index contributed by atoms with van der Waals surface area (Å²) in [5.74, 6) is 0. The van der Waals surface area contributed by atoms with Crippen LogP contribution in [0.2, 0.25) is 0 Å². The first kappa shape index (κ1) is 27.5. The molecule has 2 aromatic heterocycles. The molecule has 2 heterocycles. The summed E-state index contributed by atoms with van der Waals surface area (Å²) >= 11 is 0. The van der Waals surface area contributed by atoms with Crippen molar-refractivity contribution in [1.29, 1.82) is 0 Å². The normalized spacial score (nSPS) is 11.7. The van der Waals surface area contributed by atoms with Crippen molar-refractivity contribution in [2.45, 2.75) is 0 Å². The maximum atomic E-state index is 4.76. The fourth-order valence-electron chi connectivity index (χ4n) is 7.57. The zero-order chi connectivity index (χ0) is 32.3. The van der Waals surface area contributed by atoms with E-state index in [-0.39, 0.29) is 0 Å². The van der Waals surface area contributed by atoms with Crippen LogP contribution in [-0.4, -0.2) is 14.5 Å². The number of hydrogen-bond acceptors (Lipinski definition) is 2. The lowest BCUT2D eigenvalue weighted by Gasteiger charge is -2.12. The Kier molecular flexibility index (Phi) is 6.18. The van der Waals surface area contributed by atoms with Crippen molar-refractivity contribution in [2.24, 2.45) is 0 Å². The molecule has 0 aliphatic heterocycles. The van der Waals surface area contributed by atoms with Crippen LogP contribution in [0.15, 0.2) is 176 Å². The van der Waals surface area contributed by atoms with E-state index >= 15 is 0 Å². The van der Waals surface area contributed by atoms with Crippen molar-refractivity contribution in [3.8, 4) is 39.1 Å². The van der Waals surface area contributed by atoms with Crippen molar-refractivity contribution in [1.82, 2.24) is 14.5 Å². The largest absolute Gasteiger partial charge is 0.309 e. The first-order valence-corrected chi connectivity index (χ1v) is 16.7. The molecule has 3 heteroatoms. The zero-order valence-corrected chi connectivity index (χ0v) is 26.6. The maximum absolute atomic E-state index is 4.76. The van der Waals surface area contributed by atoms with Gasteiger partial charge in [0.2, 0.25) is 0 Å². The summed E-state index contributed by atoms with van der Waals surface area (Å²) in [6, 6.07) is 59.1. The van der Waals surface area contributed by atoms with Crippen LogP contribution >= 0.6 is 0 Å². The van der Waals surface area contributed by atoms with E-state index in [1.165, 1.54) is 60.4 Å². The molecule has 0 N–H and O–H groups in total. The van der Waals surface area contributed by atoms with E-state index in [0.717, 1.165) is 33.1 Å². The molecular weight excluding hydrogens is 595 g/mol. The molecule has 0 bridgehead atoms. The Morgan fingerprint density at radius 2 is 0.776 bits per heavy atom. The number of benzene rings is 8. The first-order chi connectivity index (χ1) is 24.3. The van der Waals surface area contributed by atoms with Gasteiger partial charge in [0.25, 0.3) is 0 Å². The molecule has 0 aliphatic carbocycles. The molecule has 228 valence electrons. The minimum absolute atomic E-state index is 0.939. The molecule has 0 saturated carbocycles. The molecular formula is C46H29N3. The van der Waals surface area contributed by atoms with E-state index in [4.69, 9.17) is 9.97 Å². The van der Waals surface area contributed by atoms with E-state index in [1.54, 1.807) is 12.4 Å². The Labute approximate surface area is 283 Å². The van der Waals surface area contributed by atoms with Crippen LogP contribution < -0.4 is 0 Å². The molecule has 0 unspecified atom stereocenters. The summed E-state index contributed by atoms with van der Waals surface area (Å²) in [6.07, 6.45) is 3.56. The highest BCUT2D eigenvalue weighted by molar-refractivity contribution is 6.23. The molecule has 0 radical (unpaired) electrons. The molecule has 0 fully saturated rings. The van der Waals surface area contributed by atoms with Crippen LogP contribution in [0, 0.1) is 0 Å². The summed E-state index contributed by atoms with van der Waals surface area (Å²) in [5.41, 5.74) is 12.6. The van der Waals surface area contributed by atoms with E-state index < -0.39 is 0 Å². The first-order valence-electron chi connectivity index (χ1n) is 16.7. The highest BCUT2D eigenvalue weighted by atomic mass is 15.0. The molecule has 0 spiro atoms. The van der Waals surface area contributed by atoms with Crippen molar-refractivity contribution in [2.75, 3.05) is 0 Å². The molecule has 0 saturated heterocycles. The van der Waals surface area contributed by atoms with Gasteiger partial charge in [0, 0.05) is 39.6 Å². The fraction of sp³-hybridized carbons (Fsp3) is 0. The minimum atomic E-state index is 0.939. The van der Waals surface area contributed by atoms with Gasteiger partial charge in [0.1, 0.15) is 0 Å². The molecule has 3 nitrogen and oxygen atoms in total. The summed E-state index contributed by atoms with van der Waals surface area (Å²) in [6.45, 7) is 0.